The number of esters is 2. The molecule has 2 aromatic heterocycles. The number of amides is 1. The molecule has 4 rings (SSSR count). The van der Waals surface area contributed by atoms with Gasteiger partial charge in [0.1, 0.15) is 15.6 Å². The van der Waals surface area contributed by atoms with Crippen LogP contribution in [-0.4, -0.2) is 41.8 Å². The van der Waals surface area contributed by atoms with Crippen molar-refractivity contribution in [3.05, 3.63) is 88.4 Å². The number of anilines is 1. The van der Waals surface area contributed by atoms with E-state index in [2.05, 4.69) is 10.4 Å². The van der Waals surface area contributed by atoms with Crippen LogP contribution in [0.25, 0.3) is 16.9 Å². The summed E-state index contributed by atoms with van der Waals surface area (Å²) in [6.07, 6.45) is 1.63. The maximum atomic E-state index is 13.4. The van der Waals surface area contributed by atoms with Gasteiger partial charge in [0.2, 0.25) is 0 Å². The fourth-order valence-corrected chi connectivity index (χ4v) is 4.58. The minimum Gasteiger partial charge on any atom is -0.465 e. The van der Waals surface area contributed by atoms with E-state index in [-0.39, 0.29) is 15.4 Å². The lowest BCUT2D eigenvalue weighted by molar-refractivity contribution is 0.0601. The average molecular weight is 476 g/mol. The summed E-state index contributed by atoms with van der Waals surface area (Å²) < 4.78 is 11.3. The molecular formula is C25H21N3O5S. The number of methoxy groups -OCH3 is 2. The van der Waals surface area contributed by atoms with Crippen LogP contribution in [0.1, 0.15) is 36.0 Å². The van der Waals surface area contributed by atoms with E-state index < -0.39 is 17.8 Å². The van der Waals surface area contributed by atoms with Crippen LogP contribution in [0.3, 0.4) is 0 Å². The first-order chi connectivity index (χ1) is 16.4. The van der Waals surface area contributed by atoms with Crippen molar-refractivity contribution in [2.45, 2.75) is 6.92 Å². The van der Waals surface area contributed by atoms with Crippen LogP contribution in [-0.2, 0) is 9.47 Å². The van der Waals surface area contributed by atoms with Crippen molar-refractivity contribution in [3.8, 4) is 16.9 Å². The van der Waals surface area contributed by atoms with Crippen LogP contribution in [0.2, 0.25) is 0 Å². The highest BCUT2D eigenvalue weighted by Crippen LogP contribution is 2.35. The van der Waals surface area contributed by atoms with Crippen molar-refractivity contribution >= 4 is 34.2 Å². The predicted molar refractivity (Wildman–Crippen MR) is 129 cm³/mol. The normalized spacial score (nSPS) is 10.6. The molecule has 0 aliphatic rings. The third-order valence-corrected chi connectivity index (χ3v) is 6.35. The number of aromatic nitrogens is 2. The Balaban J connectivity index is 1.79. The number of nitrogens with one attached hydrogen (secondary N) is 1. The number of rotatable bonds is 6. The van der Waals surface area contributed by atoms with E-state index in [1.165, 1.54) is 14.2 Å². The Kier molecular flexibility index (Phi) is 6.55. The zero-order valence-electron chi connectivity index (χ0n) is 18.7. The molecule has 8 nitrogen and oxygen atoms in total. The molecule has 1 N–H and O–H groups in total. The fourth-order valence-electron chi connectivity index (χ4n) is 3.47. The molecule has 0 fully saturated rings. The molecule has 0 bridgehead atoms. The molecule has 1 amide bonds. The zero-order valence-corrected chi connectivity index (χ0v) is 19.5. The van der Waals surface area contributed by atoms with Crippen LogP contribution in [0, 0.1) is 6.92 Å². The third kappa shape index (κ3) is 4.33. The number of carbonyl (C=O) groups is 3. The second-order valence-corrected chi connectivity index (χ2v) is 8.26. The number of para-hydroxylation sites is 1. The Morgan fingerprint density at radius 1 is 0.912 bits per heavy atom. The molecule has 0 saturated heterocycles. The van der Waals surface area contributed by atoms with E-state index >= 15 is 0 Å². The van der Waals surface area contributed by atoms with E-state index in [0.717, 1.165) is 22.6 Å². The lowest BCUT2D eigenvalue weighted by Gasteiger charge is -2.06. The Labute approximate surface area is 199 Å². The van der Waals surface area contributed by atoms with Gasteiger partial charge in [0.05, 0.1) is 31.0 Å². The van der Waals surface area contributed by atoms with Crippen molar-refractivity contribution < 1.29 is 23.9 Å². The fraction of sp³-hybridized carbons (Fsp3) is 0.120. The van der Waals surface area contributed by atoms with Gasteiger partial charge >= 0.3 is 11.9 Å². The molecule has 9 heteroatoms. The summed E-state index contributed by atoms with van der Waals surface area (Å²) in [7, 11) is 2.49. The van der Waals surface area contributed by atoms with Gasteiger partial charge in [-0.3, -0.25) is 4.79 Å². The average Bonchev–Trinajstić information content (AvgIpc) is 3.46. The van der Waals surface area contributed by atoms with Crippen molar-refractivity contribution in [2.75, 3.05) is 19.5 Å². The number of thiophene rings is 1. The second kappa shape index (κ2) is 9.72. The molecule has 4 aromatic rings. The van der Waals surface area contributed by atoms with Crippen LogP contribution < -0.4 is 5.32 Å². The summed E-state index contributed by atoms with van der Waals surface area (Å²) in [4.78, 5) is 38.3. The first kappa shape index (κ1) is 22.9. The molecule has 2 heterocycles. The lowest BCUT2D eigenvalue weighted by Crippen LogP contribution is -2.14. The standard InChI is InChI=1S/C25H21N3O5S/c1-15-19(24(30)32-2)23(34-21(15)25(31)33-3)26-22(29)18-14-28(17-12-8-5-9-13-17)27-20(18)16-10-6-4-7-11-16/h4-14H,1-3H3,(H,26,29). The predicted octanol–water partition coefficient (Wildman–Crippen LogP) is 4.73. The molecule has 2 aromatic carbocycles. The summed E-state index contributed by atoms with van der Waals surface area (Å²) in [6.45, 7) is 1.60. The molecule has 172 valence electrons. The number of carbonyl (C=O) groups excluding carboxylic acids is 3. The number of hydrogen-bond acceptors (Lipinski definition) is 7. The van der Waals surface area contributed by atoms with Crippen molar-refractivity contribution in [1.82, 2.24) is 9.78 Å². The molecule has 0 aliphatic carbocycles. The van der Waals surface area contributed by atoms with Gasteiger partial charge in [-0.1, -0.05) is 48.5 Å². The Morgan fingerprint density at radius 2 is 1.53 bits per heavy atom. The minimum absolute atomic E-state index is 0.109. The van der Waals surface area contributed by atoms with Gasteiger partial charge in [-0.05, 0) is 24.6 Å². The highest BCUT2D eigenvalue weighted by Gasteiger charge is 2.28. The summed E-state index contributed by atoms with van der Waals surface area (Å²) in [5.41, 5.74) is 2.81. The van der Waals surface area contributed by atoms with Gasteiger partial charge in [-0.25, -0.2) is 14.3 Å². The molecule has 34 heavy (non-hydrogen) atoms. The number of ether oxygens (including phenoxy) is 2. The lowest BCUT2D eigenvalue weighted by atomic mass is 10.1. The molecule has 0 spiro atoms. The van der Waals surface area contributed by atoms with E-state index in [1.54, 1.807) is 17.8 Å². The third-order valence-electron chi connectivity index (χ3n) is 5.16. The largest absolute Gasteiger partial charge is 0.465 e. The molecular weight excluding hydrogens is 454 g/mol. The number of nitrogens with zero attached hydrogens (tertiary/aromatic N) is 2. The second-order valence-electron chi connectivity index (χ2n) is 7.24. The molecule has 0 unspecified atom stereocenters. The molecule has 0 aliphatic heterocycles. The molecule has 0 atom stereocenters. The van der Waals surface area contributed by atoms with Crippen LogP contribution in [0.15, 0.2) is 66.9 Å². The first-order valence-electron chi connectivity index (χ1n) is 10.3. The quantitative estimate of drug-likeness (QED) is 0.405. The number of benzene rings is 2. The first-order valence-corrected chi connectivity index (χ1v) is 11.1. The van der Waals surface area contributed by atoms with Crippen LogP contribution in [0.5, 0.6) is 0 Å². The Hall–Kier alpha value is -4.24. The van der Waals surface area contributed by atoms with Crippen LogP contribution in [0.4, 0.5) is 5.00 Å². The topological polar surface area (TPSA) is 99.5 Å². The molecule has 0 radical (unpaired) electrons. The van der Waals surface area contributed by atoms with E-state index in [0.29, 0.717) is 16.8 Å². The Bertz CT molecular complexity index is 1360. The monoisotopic (exact) mass is 475 g/mol. The van der Waals surface area contributed by atoms with Crippen molar-refractivity contribution in [2.24, 2.45) is 0 Å². The van der Waals surface area contributed by atoms with Crippen molar-refractivity contribution in [1.29, 1.82) is 0 Å². The van der Waals surface area contributed by atoms with Gasteiger partial charge in [0.25, 0.3) is 5.91 Å². The Morgan fingerprint density at radius 3 is 2.15 bits per heavy atom. The summed E-state index contributed by atoms with van der Waals surface area (Å²) in [6, 6.07) is 18.7. The van der Waals surface area contributed by atoms with E-state index in [1.807, 2.05) is 60.7 Å². The molecule has 0 saturated carbocycles. The number of hydrogen-bond donors (Lipinski definition) is 1. The van der Waals surface area contributed by atoms with Gasteiger partial charge in [0.15, 0.2) is 0 Å². The van der Waals surface area contributed by atoms with Gasteiger partial charge in [-0.2, -0.15) is 5.10 Å². The van der Waals surface area contributed by atoms with E-state index in [4.69, 9.17) is 9.47 Å². The summed E-state index contributed by atoms with van der Waals surface area (Å²) >= 11 is 0.956. The summed E-state index contributed by atoms with van der Waals surface area (Å²) in [5.74, 6) is -1.75. The van der Waals surface area contributed by atoms with E-state index in [9.17, 15) is 14.4 Å². The van der Waals surface area contributed by atoms with Crippen LogP contribution >= 0.6 is 11.3 Å². The smallest absolute Gasteiger partial charge is 0.348 e. The van der Waals surface area contributed by atoms with Crippen molar-refractivity contribution in [3.63, 3.8) is 0 Å². The van der Waals surface area contributed by atoms with Gasteiger partial charge in [-0.15, -0.1) is 11.3 Å². The minimum atomic E-state index is -0.664. The van der Waals surface area contributed by atoms with Gasteiger partial charge < -0.3 is 14.8 Å². The van der Waals surface area contributed by atoms with Gasteiger partial charge in [0, 0.05) is 11.8 Å². The maximum absolute atomic E-state index is 13.4. The highest BCUT2D eigenvalue weighted by atomic mass is 32.1. The zero-order chi connectivity index (χ0) is 24.2. The highest BCUT2D eigenvalue weighted by molar-refractivity contribution is 7.18. The SMILES string of the molecule is COC(=O)c1sc(NC(=O)c2cn(-c3ccccc3)nc2-c2ccccc2)c(C(=O)OC)c1C. The summed E-state index contributed by atoms with van der Waals surface area (Å²) in [5, 5.41) is 7.62. The maximum Gasteiger partial charge on any atom is 0.348 e.